The standard InChI is InChI=1S/C25H23N3O4/c26-21-7-2-3-8-22(21)27-25(30)18-10-12-20(13-11-18)31-15-5-14-28(17-29)24-16-19-6-1-4-9-23(19)32-24/h1-4,6-13,16-17H,5,14-15,26H2,(H,27,30). The number of fused-ring (bicyclic) bond motifs is 1. The molecule has 0 aliphatic rings. The zero-order valence-electron chi connectivity index (χ0n) is 17.4. The van der Waals surface area contributed by atoms with E-state index in [4.69, 9.17) is 14.9 Å². The molecule has 0 saturated heterocycles. The highest BCUT2D eigenvalue weighted by molar-refractivity contribution is 6.05. The number of hydrogen-bond acceptors (Lipinski definition) is 5. The van der Waals surface area contributed by atoms with Crippen LogP contribution >= 0.6 is 0 Å². The first-order valence-corrected chi connectivity index (χ1v) is 10.2. The lowest BCUT2D eigenvalue weighted by atomic mass is 10.2. The molecular weight excluding hydrogens is 406 g/mol. The molecule has 0 atom stereocenters. The summed E-state index contributed by atoms with van der Waals surface area (Å²) in [6, 6.07) is 23.4. The molecule has 0 fully saturated rings. The molecule has 0 unspecified atom stereocenters. The first kappa shape index (κ1) is 21.0. The van der Waals surface area contributed by atoms with Crippen LogP contribution in [0.3, 0.4) is 0 Å². The van der Waals surface area contributed by atoms with Gasteiger partial charge in [0.1, 0.15) is 11.3 Å². The van der Waals surface area contributed by atoms with E-state index in [1.54, 1.807) is 36.4 Å². The van der Waals surface area contributed by atoms with Gasteiger partial charge in [-0.05, 0) is 48.9 Å². The Hall–Kier alpha value is -4.26. The third-order valence-corrected chi connectivity index (χ3v) is 4.96. The second-order valence-electron chi connectivity index (χ2n) is 7.19. The fourth-order valence-corrected chi connectivity index (χ4v) is 3.26. The Balaban J connectivity index is 1.27. The monoisotopic (exact) mass is 429 g/mol. The third kappa shape index (κ3) is 4.89. The van der Waals surface area contributed by atoms with Gasteiger partial charge in [0.2, 0.25) is 12.3 Å². The van der Waals surface area contributed by atoms with Gasteiger partial charge in [-0.15, -0.1) is 0 Å². The summed E-state index contributed by atoms with van der Waals surface area (Å²) in [6.45, 7) is 0.874. The number of carbonyl (C=O) groups is 2. The maximum absolute atomic E-state index is 12.4. The van der Waals surface area contributed by atoms with Crippen LogP contribution in [0.2, 0.25) is 0 Å². The Morgan fingerprint density at radius 2 is 1.78 bits per heavy atom. The van der Waals surface area contributed by atoms with Crippen LogP contribution in [0.25, 0.3) is 11.0 Å². The molecule has 1 aromatic heterocycles. The minimum Gasteiger partial charge on any atom is -0.494 e. The van der Waals surface area contributed by atoms with Gasteiger partial charge in [-0.1, -0.05) is 30.3 Å². The Kier molecular flexibility index (Phi) is 6.36. The first-order chi connectivity index (χ1) is 15.6. The number of nitrogens with zero attached hydrogens (tertiary/aromatic N) is 1. The Morgan fingerprint density at radius 3 is 2.53 bits per heavy atom. The third-order valence-electron chi connectivity index (χ3n) is 4.96. The fraction of sp³-hybridized carbons (Fsp3) is 0.120. The van der Waals surface area contributed by atoms with Crippen molar-refractivity contribution in [1.29, 1.82) is 0 Å². The smallest absolute Gasteiger partial charge is 0.255 e. The predicted molar refractivity (Wildman–Crippen MR) is 125 cm³/mol. The van der Waals surface area contributed by atoms with E-state index in [0.29, 0.717) is 48.1 Å². The largest absolute Gasteiger partial charge is 0.494 e. The topological polar surface area (TPSA) is 97.8 Å². The Bertz CT molecular complexity index is 1180. The second kappa shape index (κ2) is 9.70. The molecule has 3 N–H and O–H groups in total. The zero-order chi connectivity index (χ0) is 22.3. The van der Waals surface area contributed by atoms with Crippen LogP contribution in [0, 0.1) is 0 Å². The minimum atomic E-state index is -0.248. The van der Waals surface area contributed by atoms with Gasteiger partial charge in [0, 0.05) is 23.6 Å². The number of furan rings is 1. The van der Waals surface area contributed by atoms with E-state index >= 15 is 0 Å². The molecule has 0 radical (unpaired) electrons. The highest BCUT2D eigenvalue weighted by atomic mass is 16.5. The van der Waals surface area contributed by atoms with Crippen LogP contribution in [-0.4, -0.2) is 25.5 Å². The lowest BCUT2D eigenvalue weighted by Crippen LogP contribution is -2.23. The second-order valence-corrected chi connectivity index (χ2v) is 7.19. The summed E-state index contributed by atoms with van der Waals surface area (Å²) in [5, 5.41) is 3.74. The molecule has 0 aliphatic heterocycles. The number of amides is 2. The maximum atomic E-state index is 12.4. The summed E-state index contributed by atoms with van der Waals surface area (Å²) in [5.74, 6) is 0.902. The number of anilines is 3. The van der Waals surface area contributed by atoms with Crippen molar-refractivity contribution in [1.82, 2.24) is 0 Å². The normalized spacial score (nSPS) is 10.6. The fourth-order valence-electron chi connectivity index (χ4n) is 3.26. The van der Waals surface area contributed by atoms with Crippen molar-refractivity contribution >= 4 is 40.5 Å². The molecule has 0 bridgehead atoms. The van der Waals surface area contributed by atoms with Gasteiger partial charge in [-0.2, -0.15) is 0 Å². The van der Waals surface area contributed by atoms with Crippen LogP contribution in [0.15, 0.2) is 83.3 Å². The zero-order valence-corrected chi connectivity index (χ0v) is 17.4. The van der Waals surface area contributed by atoms with Crippen molar-refractivity contribution in [3.05, 3.63) is 84.4 Å². The summed E-state index contributed by atoms with van der Waals surface area (Å²) >= 11 is 0. The van der Waals surface area contributed by atoms with Crippen LogP contribution < -0.4 is 20.7 Å². The van der Waals surface area contributed by atoms with Crippen molar-refractivity contribution in [2.24, 2.45) is 0 Å². The van der Waals surface area contributed by atoms with Crippen molar-refractivity contribution in [3.8, 4) is 5.75 Å². The van der Waals surface area contributed by atoms with Crippen molar-refractivity contribution in [2.75, 3.05) is 29.1 Å². The van der Waals surface area contributed by atoms with Gasteiger partial charge in [0.15, 0.2) is 0 Å². The minimum absolute atomic E-state index is 0.248. The molecular formula is C25H23N3O4. The molecule has 32 heavy (non-hydrogen) atoms. The number of nitrogens with one attached hydrogen (secondary N) is 1. The van der Waals surface area contributed by atoms with E-state index < -0.39 is 0 Å². The van der Waals surface area contributed by atoms with Crippen molar-refractivity contribution in [2.45, 2.75) is 6.42 Å². The van der Waals surface area contributed by atoms with E-state index in [-0.39, 0.29) is 5.91 Å². The van der Waals surface area contributed by atoms with E-state index in [1.807, 2.05) is 42.5 Å². The lowest BCUT2D eigenvalue weighted by molar-refractivity contribution is -0.107. The summed E-state index contributed by atoms with van der Waals surface area (Å²) in [7, 11) is 0. The van der Waals surface area contributed by atoms with E-state index in [9.17, 15) is 9.59 Å². The van der Waals surface area contributed by atoms with E-state index in [2.05, 4.69) is 5.32 Å². The van der Waals surface area contributed by atoms with Crippen LogP contribution in [-0.2, 0) is 4.79 Å². The van der Waals surface area contributed by atoms with E-state index in [0.717, 1.165) is 17.4 Å². The number of para-hydroxylation sites is 3. The van der Waals surface area contributed by atoms with Gasteiger partial charge in [-0.3, -0.25) is 14.5 Å². The summed E-state index contributed by atoms with van der Waals surface area (Å²) < 4.78 is 11.5. The maximum Gasteiger partial charge on any atom is 0.255 e. The number of nitrogens with two attached hydrogens (primary N) is 1. The highest BCUT2D eigenvalue weighted by Gasteiger charge is 2.11. The number of nitrogen functional groups attached to an aromatic ring is 1. The molecule has 7 heteroatoms. The van der Waals surface area contributed by atoms with E-state index in [1.165, 1.54) is 4.90 Å². The number of rotatable bonds is 9. The number of ether oxygens (including phenoxy) is 1. The molecule has 0 saturated carbocycles. The molecule has 4 aromatic rings. The van der Waals surface area contributed by atoms with Gasteiger partial charge >= 0.3 is 0 Å². The van der Waals surface area contributed by atoms with Crippen LogP contribution in [0.1, 0.15) is 16.8 Å². The van der Waals surface area contributed by atoms with Crippen LogP contribution in [0.5, 0.6) is 5.75 Å². The summed E-state index contributed by atoms with van der Waals surface area (Å²) in [5.41, 5.74) is 8.18. The van der Waals surface area contributed by atoms with Crippen molar-refractivity contribution in [3.63, 3.8) is 0 Å². The molecule has 3 aromatic carbocycles. The van der Waals surface area contributed by atoms with Gasteiger partial charge in [0.25, 0.3) is 5.91 Å². The average Bonchev–Trinajstić information content (AvgIpc) is 3.25. The van der Waals surface area contributed by atoms with Gasteiger partial charge in [-0.25, -0.2) is 0 Å². The average molecular weight is 429 g/mol. The van der Waals surface area contributed by atoms with Gasteiger partial charge < -0.3 is 20.2 Å². The summed E-state index contributed by atoms with van der Waals surface area (Å²) in [4.78, 5) is 25.4. The number of benzene rings is 3. The Morgan fingerprint density at radius 1 is 1.03 bits per heavy atom. The SMILES string of the molecule is Nc1ccccc1NC(=O)c1ccc(OCCCN(C=O)c2cc3ccccc3o2)cc1. The first-order valence-electron chi connectivity index (χ1n) is 10.2. The van der Waals surface area contributed by atoms with Crippen LogP contribution in [0.4, 0.5) is 17.3 Å². The number of hydrogen-bond donors (Lipinski definition) is 2. The molecule has 162 valence electrons. The molecule has 2 amide bonds. The molecule has 0 aliphatic carbocycles. The predicted octanol–water partition coefficient (Wildman–Crippen LogP) is 4.70. The molecule has 0 spiro atoms. The number of carbonyl (C=O) groups excluding carboxylic acids is 2. The molecule has 7 nitrogen and oxygen atoms in total. The van der Waals surface area contributed by atoms with Crippen molar-refractivity contribution < 1.29 is 18.7 Å². The molecule has 4 rings (SSSR count). The quantitative estimate of drug-likeness (QED) is 0.228. The lowest BCUT2D eigenvalue weighted by Gasteiger charge is -2.14. The van der Waals surface area contributed by atoms with Gasteiger partial charge in [0.05, 0.1) is 18.0 Å². The highest BCUT2D eigenvalue weighted by Crippen LogP contribution is 2.25. The Labute approximate surface area is 185 Å². The molecule has 1 heterocycles. The summed E-state index contributed by atoms with van der Waals surface area (Å²) in [6.07, 6.45) is 1.37.